The van der Waals surface area contributed by atoms with E-state index in [1.54, 1.807) is 6.20 Å². The van der Waals surface area contributed by atoms with Crippen molar-refractivity contribution >= 4 is 10.9 Å². The van der Waals surface area contributed by atoms with Gasteiger partial charge in [-0.1, -0.05) is 6.04 Å². The van der Waals surface area contributed by atoms with Crippen LogP contribution in [0.1, 0.15) is 19.4 Å². The summed E-state index contributed by atoms with van der Waals surface area (Å²) in [5, 5.41) is 4.06. The summed E-state index contributed by atoms with van der Waals surface area (Å²) in [6.45, 7) is -3.21. The Labute approximate surface area is 113 Å². The Morgan fingerprint density at radius 1 is 1.50 bits per heavy atom. The minimum absolute atomic E-state index is 0.147. The number of nitrogens with two attached hydrogens (primary N) is 1. The number of hydrogen-bond acceptors (Lipinski definition) is 3. The number of aromatic nitrogens is 4. The van der Waals surface area contributed by atoms with Gasteiger partial charge in [0, 0.05) is 18.5 Å². The van der Waals surface area contributed by atoms with E-state index in [0.717, 1.165) is 17.3 Å². The number of aryl methyl sites for hydroxylation is 1. The van der Waals surface area contributed by atoms with E-state index in [0.29, 0.717) is 10.9 Å². The Hall–Kier alpha value is -2.14. The van der Waals surface area contributed by atoms with E-state index in [4.69, 9.17) is 14.0 Å². The number of rotatable bonds is 4. The lowest BCUT2D eigenvalue weighted by molar-refractivity contribution is 0.685. The number of fused-ring (bicyclic) bond motifs is 1. The van der Waals surface area contributed by atoms with Gasteiger partial charge >= 0.3 is 0 Å². The van der Waals surface area contributed by atoms with Crippen LogP contribution in [0, 0.1) is 0 Å². The van der Waals surface area contributed by atoms with Crippen LogP contribution in [0.15, 0.2) is 37.0 Å². The molecule has 0 aliphatic heterocycles. The molecule has 3 aromatic rings. The maximum absolute atomic E-state index is 8.41. The van der Waals surface area contributed by atoms with E-state index in [2.05, 4.69) is 15.1 Å². The van der Waals surface area contributed by atoms with Gasteiger partial charge in [-0.3, -0.25) is 0 Å². The molecule has 0 aliphatic carbocycles. The average molecular weight is 247 g/mol. The van der Waals surface area contributed by atoms with Crippen LogP contribution in [0.2, 0.25) is 0 Å². The summed E-state index contributed by atoms with van der Waals surface area (Å²) < 4.78 is 49.6. The molecule has 1 atom stereocenters. The smallest absolute Gasteiger partial charge is 0.137 e. The second-order valence-electron chi connectivity index (χ2n) is 3.71. The molecule has 1 aromatic carbocycles. The van der Waals surface area contributed by atoms with Crippen molar-refractivity contribution in [2.75, 3.05) is 6.52 Å². The molecule has 0 spiro atoms. The van der Waals surface area contributed by atoms with Gasteiger partial charge in [-0.15, -0.1) is 0 Å². The lowest BCUT2D eigenvalue weighted by atomic mass is 10.1. The van der Waals surface area contributed by atoms with Crippen LogP contribution in [0.25, 0.3) is 10.9 Å². The third-order valence-corrected chi connectivity index (χ3v) is 2.51. The molecule has 3 rings (SSSR count). The standard InChI is InChI=1S/C13H15N5/c14-4-3-11-6-16-13-2-1-10(5-12(11)13)7-18-9-15-8-17-18/h1-2,5-6,8-9,16H,3-4,7,14H2/i1D,2D,4D,5D,7D2. The van der Waals surface area contributed by atoms with Gasteiger partial charge < -0.3 is 10.7 Å². The van der Waals surface area contributed by atoms with E-state index in [1.165, 1.54) is 0 Å². The number of nitrogens with one attached hydrogen (secondary N) is 1. The molecule has 18 heavy (non-hydrogen) atoms. The van der Waals surface area contributed by atoms with Crippen molar-refractivity contribution in [2.45, 2.75) is 12.9 Å². The molecule has 3 N–H and O–H groups in total. The molecule has 0 aliphatic rings. The second-order valence-corrected chi connectivity index (χ2v) is 3.71. The number of H-pyrrole nitrogens is 1. The molecule has 2 aromatic heterocycles. The quantitative estimate of drug-likeness (QED) is 0.730. The monoisotopic (exact) mass is 247 g/mol. The third-order valence-electron chi connectivity index (χ3n) is 2.51. The first-order chi connectivity index (χ1) is 11.2. The Bertz CT molecular complexity index is 886. The summed E-state index contributed by atoms with van der Waals surface area (Å²) in [6, 6.07) is -0.829. The molecule has 0 bridgehead atoms. The predicted molar refractivity (Wildman–Crippen MR) is 70.2 cm³/mol. The van der Waals surface area contributed by atoms with Gasteiger partial charge in [0.15, 0.2) is 0 Å². The normalized spacial score (nSPS) is 18.5. The van der Waals surface area contributed by atoms with Crippen molar-refractivity contribution < 1.29 is 8.22 Å². The first-order valence-electron chi connectivity index (χ1n) is 8.46. The fraction of sp³-hybridized carbons (Fsp3) is 0.231. The van der Waals surface area contributed by atoms with Crippen molar-refractivity contribution in [3.63, 3.8) is 0 Å². The predicted octanol–water partition coefficient (Wildman–Crippen LogP) is 1.31. The molecule has 2 heterocycles. The molecule has 0 fully saturated rings. The van der Waals surface area contributed by atoms with Crippen molar-refractivity contribution in [1.29, 1.82) is 0 Å². The first-order valence-corrected chi connectivity index (χ1v) is 5.38. The van der Waals surface area contributed by atoms with Crippen LogP contribution in [0.5, 0.6) is 0 Å². The summed E-state index contributed by atoms with van der Waals surface area (Å²) in [4.78, 5) is 6.53. The van der Waals surface area contributed by atoms with Crippen LogP contribution in [-0.4, -0.2) is 26.3 Å². The van der Waals surface area contributed by atoms with Crippen LogP contribution in [0.4, 0.5) is 0 Å². The summed E-state index contributed by atoms with van der Waals surface area (Å²) in [5.74, 6) is 0. The summed E-state index contributed by atoms with van der Waals surface area (Å²) in [6.07, 6.45) is 4.01. The zero-order valence-corrected chi connectivity index (χ0v) is 9.44. The average Bonchev–Trinajstić information content (AvgIpc) is 3.14. The van der Waals surface area contributed by atoms with Crippen LogP contribution < -0.4 is 5.73 Å². The molecular weight excluding hydrogens is 226 g/mol. The van der Waals surface area contributed by atoms with E-state index in [1.807, 2.05) is 0 Å². The second kappa shape index (κ2) is 4.62. The summed E-state index contributed by atoms with van der Waals surface area (Å²) in [5.41, 5.74) is 6.04. The number of benzene rings is 1. The highest BCUT2D eigenvalue weighted by molar-refractivity contribution is 5.83. The Morgan fingerprint density at radius 2 is 2.44 bits per heavy atom. The van der Waals surface area contributed by atoms with Gasteiger partial charge in [0.05, 0.1) is 13.4 Å². The highest BCUT2D eigenvalue weighted by atomic mass is 15.3. The Morgan fingerprint density at radius 3 is 3.22 bits per heavy atom. The summed E-state index contributed by atoms with van der Waals surface area (Å²) >= 11 is 0. The third kappa shape index (κ3) is 2.00. The molecule has 0 radical (unpaired) electrons. The zero-order chi connectivity index (χ0) is 17.6. The van der Waals surface area contributed by atoms with Gasteiger partial charge in [-0.25, -0.2) is 9.67 Å². The van der Waals surface area contributed by atoms with E-state index in [-0.39, 0.29) is 29.6 Å². The van der Waals surface area contributed by atoms with Crippen molar-refractivity contribution in [3.8, 4) is 0 Å². The SMILES string of the molecule is [2H]c1c(C([2H])([2H])n2cncn2)c([2H])c2c(CC([2H])N)c[nH]c2c1[2H]. The minimum Gasteiger partial charge on any atom is -0.361 e. The maximum Gasteiger partial charge on any atom is 0.137 e. The van der Waals surface area contributed by atoms with Gasteiger partial charge in [0.2, 0.25) is 0 Å². The number of hydrogen-bond donors (Lipinski definition) is 2. The molecule has 0 saturated heterocycles. The highest BCUT2D eigenvalue weighted by Gasteiger charge is 2.04. The highest BCUT2D eigenvalue weighted by Crippen LogP contribution is 2.20. The first kappa shape index (κ1) is 6.15. The van der Waals surface area contributed by atoms with Gasteiger partial charge in [0.1, 0.15) is 12.7 Å². The largest absolute Gasteiger partial charge is 0.361 e. The lowest BCUT2D eigenvalue weighted by Crippen LogP contribution is -2.02. The fourth-order valence-electron chi connectivity index (χ4n) is 1.71. The fourth-order valence-corrected chi connectivity index (χ4v) is 1.71. The molecule has 92 valence electrons. The van der Waals surface area contributed by atoms with Gasteiger partial charge in [-0.2, -0.15) is 5.10 Å². The molecule has 5 nitrogen and oxygen atoms in total. The van der Waals surface area contributed by atoms with Gasteiger partial charge in [0.25, 0.3) is 0 Å². The van der Waals surface area contributed by atoms with Crippen molar-refractivity contribution in [2.24, 2.45) is 5.73 Å². The van der Waals surface area contributed by atoms with Crippen molar-refractivity contribution in [3.05, 3.63) is 48.1 Å². The minimum atomic E-state index is -2.31. The van der Waals surface area contributed by atoms with E-state index < -0.39 is 19.1 Å². The molecule has 0 amide bonds. The molecule has 5 heteroatoms. The maximum atomic E-state index is 8.41. The molecular formula is C13H15N5. The van der Waals surface area contributed by atoms with Crippen molar-refractivity contribution in [1.82, 2.24) is 19.7 Å². The van der Waals surface area contributed by atoms with Crippen LogP contribution >= 0.6 is 0 Å². The topological polar surface area (TPSA) is 72.5 Å². The van der Waals surface area contributed by atoms with E-state index >= 15 is 0 Å². The zero-order valence-electron chi connectivity index (χ0n) is 15.4. The molecule has 1 unspecified atom stereocenters. The van der Waals surface area contributed by atoms with Crippen LogP contribution in [-0.2, 0) is 12.9 Å². The van der Waals surface area contributed by atoms with Gasteiger partial charge in [-0.05, 0) is 36.2 Å². The van der Waals surface area contributed by atoms with E-state index in [9.17, 15) is 0 Å². The Kier molecular flexibility index (Phi) is 1.58. The Balaban J connectivity index is 2.32. The summed E-state index contributed by atoms with van der Waals surface area (Å²) in [7, 11) is 0. The number of nitrogens with zero attached hydrogens (tertiary/aromatic N) is 3. The molecule has 0 saturated carbocycles. The van der Waals surface area contributed by atoms with Crippen LogP contribution in [0.3, 0.4) is 0 Å². The lowest BCUT2D eigenvalue weighted by Gasteiger charge is -2.03. The number of aromatic amines is 1.